The molecule has 2 rings (SSSR count). The van der Waals surface area contributed by atoms with Crippen LogP contribution in [0, 0.1) is 0 Å². The van der Waals surface area contributed by atoms with Gasteiger partial charge in [-0.3, -0.25) is 4.68 Å². The maximum Gasteiger partial charge on any atom is 0.0785 e. The van der Waals surface area contributed by atoms with E-state index in [1.165, 1.54) is 11.1 Å². The summed E-state index contributed by atoms with van der Waals surface area (Å²) in [6, 6.07) is 8.50. The van der Waals surface area contributed by atoms with Gasteiger partial charge in [0, 0.05) is 11.7 Å². The Kier molecular flexibility index (Phi) is 4.84. The Morgan fingerprint density at radius 3 is 2.50 bits per heavy atom. The van der Waals surface area contributed by atoms with Crippen molar-refractivity contribution in [2.75, 3.05) is 6.54 Å². The molecule has 108 valence electrons. The molecule has 1 heterocycles. The number of rotatable bonds is 5. The number of aromatic nitrogens is 2. The summed E-state index contributed by atoms with van der Waals surface area (Å²) >= 11 is 5.91. The number of halogens is 1. The van der Waals surface area contributed by atoms with E-state index in [9.17, 15) is 0 Å². The van der Waals surface area contributed by atoms with Crippen LogP contribution in [-0.4, -0.2) is 21.9 Å². The molecule has 0 aliphatic heterocycles. The van der Waals surface area contributed by atoms with E-state index in [0.29, 0.717) is 5.02 Å². The molecule has 0 spiro atoms. The van der Waals surface area contributed by atoms with Gasteiger partial charge >= 0.3 is 0 Å². The lowest BCUT2D eigenvalue weighted by molar-refractivity contribution is 0.429. The largest absolute Gasteiger partial charge is 0.312 e. The zero-order valence-corrected chi connectivity index (χ0v) is 13.1. The summed E-state index contributed by atoms with van der Waals surface area (Å²) in [5, 5.41) is 8.44. The van der Waals surface area contributed by atoms with Gasteiger partial charge in [0.1, 0.15) is 0 Å². The molecular weight excluding hydrogens is 270 g/mol. The van der Waals surface area contributed by atoms with E-state index in [1.54, 1.807) is 6.20 Å². The number of hydrogen-bond acceptors (Lipinski definition) is 2. The fourth-order valence-electron chi connectivity index (χ4n) is 2.13. The maximum absolute atomic E-state index is 5.91. The molecule has 2 aromatic rings. The third kappa shape index (κ3) is 4.66. The van der Waals surface area contributed by atoms with Crippen LogP contribution < -0.4 is 5.32 Å². The highest BCUT2D eigenvalue weighted by Gasteiger charge is 2.09. The molecule has 3 nitrogen and oxygen atoms in total. The molecule has 0 bridgehead atoms. The van der Waals surface area contributed by atoms with Crippen LogP contribution in [0.5, 0.6) is 0 Å². The number of nitrogens with zero attached hydrogens (tertiary/aromatic N) is 2. The summed E-state index contributed by atoms with van der Waals surface area (Å²) in [7, 11) is 0. The molecule has 4 heteroatoms. The van der Waals surface area contributed by atoms with Crippen LogP contribution in [0.4, 0.5) is 0 Å². The van der Waals surface area contributed by atoms with Gasteiger partial charge in [0.05, 0.1) is 17.8 Å². The lowest BCUT2D eigenvalue weighted by atomic mass is 10.0. The molecule has 0 amide bonds. The summed E-state index contributed by atoms with van der Waals surface area (Å²) < 4.78 is 1.87. The van der Waals surface area contributed by atoms with Crippen molar-refractivity contribution in [3.63, 3.8) is 0 Å². The van der Waals surface area contributed by atoms with Gasteiger partial charge in [0.2, 0.25) is 0 Å². The molecule has 0 fully saturated rings. The zero-order chi connectivity index (χ0) is 14.6. The first-order chi connectivity index (χ1) is 9.44. The first-order valence-corrected chi connectivity index (χ1v) is 7.31. The lowest BCUT2D eigenvalue weighted by Crippen LogP contribution is -2.37. The molecule has 1 N–H and O–H groups in total. The topological polar surface area (TPSA) is 29.9 Å². The second kappa shape index (κ2) is 6.42. The Bertz CT molecular complexity index is 555. The van der Waals surface area contributed by atoms with E-state index in [2.05, 4.69) is 55.5 Å². The Morgan fingerprint density at radius 1 is 1.20 bits per heavy atom. The van der Waals surface area contributed by atoms with Gasteiger partial charge in [-0.2, -0.15) is 5.10 Å². The monoisotopic (exact) mass is 291 g/mol. The van der Waals surface area contributed by atoms with Gasteiger partial charge in [-0.25, -0.2) is 0 Å². The molecule has 0 aliphatic carbocycles. The van der Waals surface area contributed by atoms with Crippen molar-refractivity contribution in [2.24, 2.45) is 0 Å². The van der Waals surface area contributed by atoms with Crippen molar-refractivity contribution >= 4 is 11.6 Å². The summed E-state index contributed by atoms with van der Waals surface area (Å²) in [5.41, 5.74) is 2.81. The fourth-order valence-corrected chi connectivity index (χ4v) is 2.28. The van der Waals surface area contributed by atoms with E-state index in [1.807, 2.05) is 10.9 Å². The van der Waals surface area contributed by atoms with E-state index in [-0.39, 0.29) is 5.54 Å². The zero-order valence-electron chi connectivity index (χ0n) is 12.4. The molecular formula is C16H22ClN3. The Hall–Kier alpha value is -1.32. The summed E-state index contributed by atoms with van der Waals surface area (Å²) in [5.74, 6) is 0. The van der Waals surface area contributed by atoms with E-state index >= 15 is 0 Å². The van der Waals surface area contributed by atoms with Gasteiger partial charge in [0.15, 0.2) is 0 Å². The number of hydrogen-bond donors (Lipinski definition) is 1. The number of nitrogens with one attached hydrogen (secondary N) is 1. The standard InChI is InChI=1S/C16H22ClN3/c1-16(2,3)18-9-8-13-6-4-5-7-14(13)11-20-12-15(17)10-19-20/h4-7,10,12,18H,8-9,11H2,1-3H3. The van der Waals surface area contributed by atoms with Crippen LogP contribution in [0.25, 0.3) is 0 Å². The molecule has 0 saturated heterocycles. The van der Waals surface area contributed by atoms with Crippen molar-refractivity contribution < 1.29 is 0 Å². The maximum atomic E-state index is 5.91. The third-order valence-corrected chi connectivity index (χ3v) is 3.30. The van der Waals surface area contributed by atoms with Gasteiger partial charge < -0.3 is 5.32 Å². The van der Waals surface area contributed by atoms with Gasteiger partial charge in [0.25, 0.3) is 0 Å². The van der Waals surface area contributed by atoms with Crippen LogP contribution in [0.3, 0.4) is 0 Å². The predicted molar refractivity (Wildman–Crippen MR) is 84.2 cm³/mol. The minimum absolute atomic E-state index is 0.157. The van der Waals surface area contributed by atoms with Gasteiger partial charge in [-0.1, -0.05) is 35.9 Å². The predicted octanol–water partition coefficient (Wildman–Crippen LogP) is 3.52. The normalized spacial score (nSPS) is 11.8. The second-order valence-corrected chi connectivity index (χ2v) is 6.49. The van der Waals surface area contributed by atoms with Crippen molar-refractivity contribution in [3.05, 3.63) is 52.8 Å². The van der Waals surface area contributed by atoms with Crippen molar-refractivity contribution in [3.8, 4) is 0 Å². The average Bonchev–Trinajstić information content (AvgIpc) is 2.75. The Morgan fingerprint density at radius 2 is 1.90 bits per heavy atom. The quantitative estimate of drug-likeness (QED) is 0.913. The molecule has 1 aromatic carbocycles. The van der Waals surface area contributed by atoms with Crippen molar-refractivity contribution in [1.29, 1.82) is 0 Å². The van der Waals surface area contributed by atoms with Crippen LogP contribution in [-0.2, 0) is 13.0 Å². The molecule has 0 unspecified atom stereocenters. The third-order valence-electron chi connectivity index (χ3n) is 3.10. The van der Waals surface area contributed by atoms with Crippen LogP contribution in [0.1, 0.15) is 31.9 Å². The average molecular weight is 292 g/mol. The number of benzene rings is 1. The van der Waals surface area contributed by atoms with Gasteiger partial charge in [-0.15, -0.1) is 0 Å². The second-order valence-electron chi connectivity index (χ2n) is 6.05. The van der Waals surface area contributed by atoms with Crippen LogP contribution in [0.15, 0.2) is 36.7 Å². The summed E-state index contributed by atoms with van der Waals surface area (Å²) in [4.78, 5) is 0. The first kappa shape index (κ1) is 15.1. The van der Waals surface area contributed by atoms with E-state index in [0.717, 1.165) is 19.5 Å². The highest BCUT2D eigenvalue weighted by atomic mass is 35.5. The van der Waals surface area contributed by atoms with Crippen LogP contribution >= 0.6 is 11.6 Å². The van der Waals surface area contributed by atoms with Crippen molar-refractivity contribution in [1.82, 2.24) is 15.1 Å². The highest BCUT2D eigenvalue weighted by molar-refractivity contribution is 6.30. The fraction of sp³-hybridized carbons (Fsp3) is 0.438. The van der Waals surface area contributed by atoms with Crippen LogP contribution in [0.2, 0.25) is 5.02 Å². The summed E-state index contributed by atoms with van der Waals surface area (Å²) in [6.07, 6.45) is 4.54. The Balaban J connectivity index is 2.02. The highest BCUT2D eigenvalue weighted by Crippen LogP contribution is 2.13. The lowest BCUT2D eigenvalue weighted by Gasteiger charge is -2.21. The molecule has 0 saturated carbocycles. The van der Waals surface area contributed by atoms with Gasteiger partial charge in [-0.05, 0) is 44.9 Å². The molecule has 0 radical (unpaired) electrons. The smallest absolute Gasteiger partial charge is 0.0785 e. The molecule has 0 atom stereocenters. The van der Waals surface area contributed by atoms with Crippen molar-refractivity contribution in [2.45, 2.75) is 39.3 Å². The molecule has 1 aromatic heterocycles. The Labute approximate surface area is 126 Å². The molecule has 0 aliphatic rings. The first-order valence-electron chi connectivity index (χ1n) is 6.94. The minimum atomic E-state index is 0.157. The van der Waals surface area contributed by atoms with E-state index < -0.39 is 0 Å². The molecule has 20 heavy (non-hydrogen) atoms. The minimum Gasteiger partial charge on any atom is -0.312 e. The SMILES string of the molecule is CC(C)(C)NCCc1ccccc1Cn1cc(Cl)cn1. The van der Waals surface area contributed by atoms with E-state index in [4.69, 9.17) is 11.6 Å². The summed E-state index contributed by atoms with van der Waals surface area (Å²) in [6.45, 7) is 8.29.